The average Bonchev–Trinajstić information content (AvgIpc) is 2.00. The molecule has 4 N–H and O–H groups in total. The van der Waals surface area contributed by atoms with Crippen LogP contribution in [0, 0.1) is 0 Å². The molecule has 1 aromatic rings. The monoisotopic (exact) mass is 187 g/mol. The Bertz CT molecular complexity index is 338. The lowest BCUT2D eigenvalue weighted by Gasteiger charge is -2.03. The Kier molecular flexibility index (Phi) is 2.10. The Morgan fingerprint density at radius 3 is 2.58 bits per heavy atom. The van der Waals surface area contributed by atoms with Crippen molar-refractivity contribution in [1.29, 1.82) is 0 Å². The van der Waals surface area contributed by atoms with Gasteiger partial charge < -0.3 is 15.9 Å². The highest BCUT2D eigenvalue weighted by atomic mass is 35.5. The second-order valence-electron chi connectivity index (χ2n) is 2.17. The normalized spacial score (nSPS) is 9.75. The lowest BCUT2D eigenvalue weighted by molar-refractivity contribution is 0.0694. The predicted octanol–water partition coefficient (Wildman–Crippen LogP) is 1.33. The number of carboxylic acids is 1. The van der Waals surface area contributed by atoms with Crippen LogP contribution in [0.5, 0.6) is 5.75 Å². The Balaban J connectivity index is 3.36. The zero-order chi connectivity index (χ0) is 9.30. The van der Waals surface area contributed by atoms with E-state index >= 15 is 0 Å². The second kappa shape index (κ2) is 2.91. The van der Waals surface area contributed by atoms with Crippen LogP contribution in [0.25, 0.3) is 0 Å². The SMILES string of the molecule is Nc1ccc(C(=O)O)c(O)c1Cl. The third-order valence-corrected chi connectivity index (χ3v) is 1.77. The van der Waals surface area contributed by atoms with Gasteiger partial charge in [-0.3, -0.25) is 0 Å². The Morgan fingerprint density at radius 1 is 1.50 bits per heavy atom. The summed E-state index contributed by atoms with van der Waals surface area (Å²) in [4.78, 5) is 10.4. The number of hydrogen-bond acceptors (Lipinski definition) is 3. The molecule has 0 radical (unpaired) electrons. The summed E-state index contributed by atoms with van der Waals surface area (Å²) >= 11 is 5.49. The quantitative estimate of drug-likeness (QED) is 0.579. The van der Waals surface area contributed by atoms with Gasteiger partial charge in [0.05, 0.1) is 5.69 Å². The minimum atomic E-state index is -1.24. The van der Waals surface area contributed by atoms with E-state index in [-0.39, 0.29) is 16.3 Å². The first-order chi connectivity index (χ1) is 5.54. The number of rotatable bonds is 1. The number of nitrogen functional groups attached to an aromatic ring is 1. The van der Waals surface area contributed by atoms with E-state index < -0.39 is 11.7 Å². The third kappa shape index (κ3) is 1.29. The lowest BCUT2D eigenvalue weighted by atomic mass is 10.2. The summed E-state index contributed by atoms with van der Waals surface area (Å²) in [7, 11) is 0. The summed E-state index contributed by atoms with van der Waals surface area (Å²) in [5.74, 6) is -1.74. The van der Waals surface area contributed by atoms with Crippen LogP contribution in [0.3, 0.4) is 0 Å². The van der Waals surface area contributed by atoms with Crippen molar-refractivity contribution in [2.24, 2.45) is 0 Å². The van der Waals surface area contributed by atoms with Crippen LogP contribution >= 0.6 is 11.6 Å². The average molecular weight is 188 g/mol. The number of hydrogen-bond donors (Lipinski definition) is 3. The molecule has 1 rings (SSSR count). The van der Waals surface area contributed by atoms with E-state index in [1.54, 1.807) is 0 Å². The highest BCUT2D eigenvalue weighted by Gasteiger charge is 2.13. The molecule has 0 amide bonds. The topological polar surface area (TPSA) is 83.6 Å². The third-order valence-electron chi connectivity index (χ3n) is 1.38. The summed E-state index contributed by atoms with van der Waals surface area (Å²) in [6.45, 7) is 0. The number of aromatic hydroxyl groups is 1. The molecule has 0 bridgehead atoms. The zero-order valence-electron chi connectivity index (χ0n) is 5.91. The summed E-state index contributed by atoms with van der Waals surface area (Å²) < 4.78 is 0. The van der Waals surface area contributed by atoms with E-state index in [2.05, 4.69) is 0 Å². The minimum absolute atomic E-state index is 0.130. The van der Waals surface area contributed by atoms with Gasteiger partial charge in [-0.15, -0.1) is 0 Å². The maximum atomic E-state index is 10.4. The first-order valence-electron chi connectivity index (χ1n) is 3.04. The van der Waals surface area contributed by atoms with E-state index in [9.17, 15) is 4.79 Å². The number of phenols is 1. The van der Waals surface area contributed by atoms with Crippen LogP contribution in [0.15, 0.2) is 12.1 Å². The van der Waals surface area contributed by atoms with Crippen molar-refractivity contribution in [3.8, 4) is 5.75 Å². The first-order valence-corrected chi connectivity index (χ1v) is 3.42. The molecule has 64 valence electrons. The molecular weight excluding hydrogens is 182 g/mol. The summed E-state index contributed by atoms with van der Waals surface area (Å²) in [6, 6.07) is 2.52. The molecular formula is C7H6ClNO3. The Hall–Kier alpha value is -1.42. The molecule has 12 heavy (non-hydrogen) atoms. The fraction of sp³-hybridized carbons (Fsp3) is 0. The van der Waals surface area contributed by atoms with Crippen molar-refractivity contribution in [3.63, 3.8) is 0 Å². The van der Waals surface area contributed by atoms with Gasteiger partial charge in [-0.05, 0) is 12.1 Å². The van der Waals surface area contributed by atoms with Crippen molar-refractivity contribution in [2.75, 3.05) is 5.73 Å². The van der Waals surface area contributed by atoms with Crippen molar-refractivity contribution < 1.29 is 15.0 Å². The molecule has 4 nitrogen and oxygen atoms in total. The van der Waals surface area contributed by atoms with Crippen LogP contribution in [0.1, 0.15) is 10.4 Å². The van der Waals surface area contributed by atoms with Crippen molar-refractivity contribution in [2.45, 2.75) is 0 Å². The van der Waals surface area contributed by atoms with Crippen LogP contribution in [0.2, 0.25) is 5.02 Å². The van der Waals surface area contributed by atoms with Gasteiger partial charge in [0, 0.05) is 0 Å². The van der Waals surface area contributed by atoms with E-state index in [4.69, 9.17) is 27.5 Å². The molecule has 0 fully saturated rings. The van der Waals surface area contributed by atoms with Gasteiger partial charge in [-0.25, -0.2) is 4.79 Å². The highest BCUT2D eigenvalue weighted by Crippen LogP contribution is 2.32. The van der Waals surface area contributed by atoms with Crippen molar-refractivity contribution in [3.05, 3.63) is 22.7 Å². The van der Waals surface area contributed by atoms with Crippen molar-refractivity contribution in [1.82, 2.24) is 0 Å². The maximum Gasteiger partial charge on any atom is 0.339 e. The number of benzene rings is 1. The van der Waals surface area contributed by atoms with Gasteiger partial charge >= 0.3 is 5.97 Å². The van der Waals surface area contributed by atoms with Crippen LogP contribution < -0.4 is 5.73 Å². The molecule has 1 aromatic carbocycles. The molecule has 0 aliphatic rings. The molecule has 0 heterocycles. The van der Waals surface area contributed by atoms with Gasteiger partial charge in [-0.1, -0.05) is 11.6 Å². The zero-order valence-corrected chi connectivity index (χ0v) is 6.67. The fourth-order valence-electron chi connectivity index (χ4n) is 0.753. The molecule has 0 aliphatic carbocycles. The Labute approximate surface area is 73.2 Å². The van der Waals surface area contributed by atoms with Crippen LogP contribution in [-0.4, -0.2) is 16.2 Å². The fourth-order valence-corrected chi connectivity index (χ4v) is 0.918. The van der Waals surface area contributed by atoms with E-state index in [0.29, 0.717) is 0 Å². The van der Waals surface area contributed by atoms with Crippen LogP contribution in [-0.2, 0) is 0 Å². The van der Waals surface area contributed by atoms with E-state index in [1.165, 1.54) is 12.1 Å². The number of anilines is 1. The summed E-state index contributed by atoms with van der Waals surface area (Å²) in [6.07, 6.45) is 0. The molecule has 0 aromatic heterocycles. The standard InChI is InChI=1S/C7H6ClNO3/c8-5-4(9)2-1-3(6(5)10)7(11)12/h1-2,10H,9H2,(H,11,12). The number of carbonyl (C=O) groups is 1. The maximum absolute atomic E-state index is 10.4. The Morgan fingerprint density at radius 2 is 2.08 bits per heavy atom. The number of nitrogens with two attached hydrogens (primary N) is 1. The lowest BCUT2D eigenvalue weighted by Crippen LogP contribution is -1.98. The largest absolute Gasteiger partial charge is 0.505 e. The number of aromatic carboxylic acids is 1. The molecule has 0 unspecified atom stereocenters. The number of carboxylic acid groups (broad SMARTS) is 1. The van der Waals surface area contributed by atoms with E-state index in [1.807, 2.05) is 0 Å². The van der Waals surface area contributed by atoms with Gasteiger partial charge in [-0.2, -0.15) is 0 Å². The summed E-state index contributed by atoms with van der Waals surface area (Å²) in [5, 5.41) is 17.5. The van der Waals surface area contributed by atoms with Gasteiger partial charge in [0.15, 0.2) is 5.75 Å². The van der Waals surface area contributed by atoms with Crippen LogP contribution in [0.4, 0.5) is 5.69 Å². The van der Waals surface area contributed by atoms with Crippen molar-refractivity contribution >= 4 is 23.3 Å². The molecule has 5 heteroatoms. The molecule has 0 aliphatic heterocycles. The molecule has 0 atom stereocenters. The minimum Gasteiger partial charge on any atom is -0.505 e. The molecule has 0 saturated heterocycles. The molecule has 0 spiro atoms. The smallest absolute Gasteiger partial charge is 0.339 e. The number of halogens is 1. The highest BCUT2D eigenvalue weighted by molar-refractivity contribution is 6.35. The van der Waals surface area contributed by atoms with Gasteiger partial charge in [0.2, 0.25) is 0 Å². The summed E-state index contributed by atoms with van der Waals surface area (Å²) in [5.41, 5.74) is 5.20. The van der Waals surface area contributed by atoms with Gasteiger partial charge in [0.25, 0.3) is 0 Å². The first kappa shape index (κ1) is 8.67. The second-order valence-corrected chi connectivity index (χ2v) is 2.55. The predicted molar refractivity (Wildman–Crippen MR) is 44.5 cm³/mol. The molecule has 0 saturated carbocycles. The van der Waals surface area contributed by atoms with Gasteiger partial charge in [0.1, 0.15) is 10.6 Å². The van der Waals surface area contributed by atoms with E-state index in [0.717, 1.165) is 0 Å².